The number of hydrogen-bond donors (Lipinski definition) is 1. The van der Waals surface area contributed by atoms with Gasteiger partial charge in [-0.3, -0.25) is 4.79 Å². The number of unbranched alkanes of at least 4 members (excludes halogenated alkanes) is 2. The van der Waals surface area contributed by atoms with E-state index >= 15 is 0 Å². The molecule has 0 aliphatic heterocycles. The molecular formula is C16H23N5OS. The predicted octanol–water partition coefficient (Wildman–Crippen LogP) is 2.68. The Morgan fingerprint density at radius 1 is 1.26 bits per heavy atom. The van der Waals surface area contributed by atoms with Crippen LogP contribution in [0.3, 0.4) is 0 Å². The van der Waals surface area contributed by atoms with Crippen molar-refractivity contribution in [3.8, 4) is 5.69 Å². The fraction of sp³-hybridized carbons (Fsp3) is 0.500. The summed E-state index contributed by atoms with van der Waals surface area (Å²) in [6.07, 6.45) is 3.31. The van der Waals surface area contributed by atoms with Gasteiger partial charge in [-0.05, 0) is 54.0 Å². The van der Waals surface area contributed by atoms with Gasteiger partial charge in [-0.25, -0.2) is 0 Å². The van der Waals surface area contributed by atoms with Gasteiger partial charge in [0.15, 0.2) is 0 Å². The minimum absolute atomic E-state index is 0.0146. The van der Waals surface area contributed by atoms with Gasteiger partial charge in [0.1, 0.15) is 0 Å². The van der Waals surface area contributed by atoms with E-state index in [4.69, 9.17) is 0 Å². The minimum atomic E-state index is 0.0146. The second-order valence-corrected chi connectivity index (χ2v) is 6.43. The summed E-state index contributed by atoms with van der Waals surface area (Å²) in [5.74, 6) is 0.331. The largest absolute Gasteiger partial charge is 0.355 e. The van der Waals surface area contributed by atoms with Crippen molar-refractivity contribution in [3.63, 3.8) is 0 Å². The predicted molar refractivity (Wildman–Crippen MR) is 91.9 cm³/mol. The van der Waals surface area contributed by atoms with Crippen molar-refractivity contribution in [2.75, 3.05) is 12.3 Å². The van der Waals surface area contributed by atoms with Gasteiger partial charge in [-0.1, -0.05) is 37.6 Å². The number of thioether (sulfide) groups is 1. The number of nitrogens with zero attached hydrogens (tertiary/aromatic N) is 4. The number of aryl methyl sites for hydroxylation is 2. The summed E-state index contributed by atoms with van der Waals surface area (Å²) >= 11 is 1.35. The number of carbonyl (C=O) groups excluding carboxylic acids is 1. The van der Waals surface area contributed by atoms with E-state index in [-0.39, 0.29) is 5.91 Å². The van der Waals surface area contributed by atoms with Gasteiger partial charge in [0.2, 0.25) is 11.1 Å². The first-order valence-electron chi connectivity index (χ1n) is 7.87. The van der Waals surface area contributed by atoms with E-state index in [9.17, 15) is 4.79 Å². The molecule has 2 rings (SSSR count). The summed E-state index contributed by atoms with van der Waals surface area (Å²) in [5.41, 5.74) is 3.31. The molecule has 0 aliphatic rings. The lowest BCUT2D eigenvalue weighted by Crippen LogP contribution is -2.26. The first-order chi connectivity index (χ1) is 11.1. The lowest BCUT2D eigenvalue weighted by molar-refractivity contribution is -0.118. The highest BCUT2D eigenvalue weighted by Gasteiger charge is 2.11. The highest BCUT2D eigenvalue weighted by Crippen LogP contribution is 2.19. The van der Waals surface area contributed by atoms with Crippen LogP contribution in [-0.2, 0) is 4.79 Å². The first-order valence-corrected chi connectivity index (χ1v) is 8.86. The van der Waals surface area contributed by atoms with Crippen LogP contribution in [-0.4, -0.2) is 38.4 Å². The molecule has 0 radical (unpaired) electrons. The van der Waals surface area contributed by atoms with Crippen molar-refractivity contribution in [1.29, 1.82) is 0 Å². The Labute approximate surface area is 141 Å². The van der Waals surface area contributed by atoms with Crippen LogP contribution in [0.15, 0.2) is 23.4 Å². The first kappa shape index (κ1) is 17.5. The number of aromatic nitrogens is 4. The summed E-state index contributed by atoms with van der Waals surface area (Å²) in [6, 6.07) is 6.06. The van der Waals surface area contributed by atoms with Crippen LogP contribution in [0.2, 0.25) is 0 Å². The molecule has 0 saturated heterocycles. The van der Waals surface area contributed by atoms with Gasteiger partial charge < -0.3 is 5.32 Å². The van der Waals surface area contributed by atoms with Crippen LogP contribution >= 0.6 is 11.8 Å². The van der Waals surface area contributed by atoms with Crippen molar-refractivity contribution in [3.05, 3.63) is 29.3 Å². The third-order valence-corrected chi connectivity index (χ3v) is 4.53. The molecule has 0 aliphatic carbocycles. The zero-order valence-corrected chi connectivity index (χ0v) is 14.7. The molecular weight excluding hydrogens is 310 g/mol. The molecule has 1 N–H and O–H groups in total. The van der Waals surface area contributed by atoms with E-state index in [1.54, 1.807) is 4.68 Å². The standard InChI is InChI=1S/C16H23N5OS/c1-4-5-6-9-17-15(22)11-23-16-18-19-20-21(16)14-8-7-12(2)13(3)10-14/h7-8,10H,4-6,9,11H2,1-3H3,(H,17,22). The summed E-state index contributed by atoms with van der Waals surface area (Å²) in [4.78, 5) is 11.8. The van der Waals surface area contributed by atoms with Crippen molar-refractivity contribution in [2.24, 2.45) is 0 Å². The normalized spacial score (nSPS) is 10.7. The van der Waals surface area contributed by atoms with Crippen molar-refractivity contribution in [1.82, 2.24) is 25.5 Å². The fourth-order valence-electron chi connectivity index (χ4n) is 2.07. The van der Waals surface area contributed by atoms with E-state index in [0.717, 1.165) is 31.5 Å². The molecule has 0 bridgehead atoms. The lowest BCUT2D eigenvalue weighted by atomic mass is 10.1. The lowest BCUT2D eigenvalue weighted by Gasteiger charge is -2.07. The third kappa shape index (κ3) is 5.06. The Bertz CT molecular complexity index is 656. The number of carbonyl (C=O) groups is 1. The molecule has 124 valence electrons. The minimum Gasteiger partial charge on any atom is -0.355 e. The van der Waals surface area contributed by atoms with Crippen LogP contribution in [0.25, 0.3) is 5.69 Å². The number of tetrazole rings is 1. The second-order valence-electron chi connectivity index (χ2n) is 5.49. The van der Waals surface area contributed by atoms with E-state index in [1.165, 1.54) is 22.9 Å². The van der Waals surface area contributed by atoms with Gasteiger partial charge in [0.05, 0.1) is 11.4 Å². The number of rotatable bonds is 8. The van der Waals surface area contributed by atoms with E-state index < -0.39 is 0 Å². The number of nitrogens with one attached hydrogen (secondary N) is 1. The summed E-state index contributed by atoms with van der Waals surface area (Å²) in [6.45, 7) is 7.00. The molecule has 1 aromatic heterocycles. The molecule has 0 fully saturated rings. The van der Waals surface area contributed by atoms with Gasteiger partial charge in [0.25, 0.3) is 0 Å². The molecule has 1 heterocycles. The number of benzene rings is 1. The maximum atomic E-state index is 11.8. The second kappa shape index (κ2) is 8.67. The molecule has 0 unspecified atom stereocenters. The number of amides is 1. The van der Waals surface area contributed by atoms with Crippen molar-refractivity contribution < 1.29 is 4.79 Å². The highest BCUT2D eigenvalue weighted by atomic mass is 32.2. The SMILES string of the molecule is CCCCCNC(=O)CSc1nnnn1-c1ccc(C)c(C)c1. The molecule has 23 heavy (non-hydrogen) atoms. The molecule has 7 heteroatoms. The van der Waals surface area contributed by atoms with E-state index in [2.05, 4.69) is 41.6 Å². The average molecular weight is 333 g/mol. The highest BCUT2D eigenvalue weighted by molar-refractivity contribution is 7.99. The summed E-state index contributed by atoms with van der Waals surface area (Å²) < 4.78 is 1.67. The van der Waals surface area contributed by atoms with Crippen LogP contribution in [0.4, 0.5) is 0 Å². The molecule has 0 spiro atoms. The van der Waals surface area contributed by atoms with Gasteiger partial charge >= 0.3 is 0 Å². The Morgan fingerprint density at radius 3 is 2.83 bits per heavy atom. The molecule has 0 atom stereocenters. The van der Waals surface area contributed by atoms with Gasteiger partial charge in [-0.15, -0.1) is 5.10 Å². The van der Waals surface area contributed by atoms with Gasteiger partial charge in [0, 0.05) is 6.54 Å². The quantitative estimate of drug-likeness (QED) is 0.594. The van der Waals surface area contributed by atoms with Crippen LogP contribution in [0, 0.1) is 13.8 Å². The van der Waals surface area contributed by atoms with Crippen molar-refractivity contribution >= 4 is 17.7 Å². The molecule has 0 saturated carbocycles. The fourth-order valence-corrected chi connectivity index (χ4v) is 2.79. The molecule has 6 nitrogen and oxygen atoms in total. The zero-order chi connectivity index (χ0) is 16.7. The topological polar surface area (TPSA) is 72.7 Å². The maximum absolute atomic E-state index is 11.8. The maximum Gasteiger partial charge on any atom is 0.230 e. The number of hydrogen-bond acceptors (Lipinski definition) is 5. The smallest absolute Gasteiger partial charge is 0.230 e. The summed E-state index contributed by atoms with van der Waals surface area (Å²) in [7, 11) is 0. The monoisotopic (exact) mass is 333 g/mol. The average Bonchev–Trinajstić information content (AvgIpc) is 3.01. The van der Waals surface area contributed by atoms with Crippen LogP contribution < -0.4 is 5.32 Å². The Hall–Kier alpha value is -1.89. The summed E-state index contributed by atoms with van der Waals surface area (Å²) in [5, 5.41) is 15.3. The molecule has 1 aromatic carbocycles. The Kier molecular flexibility index (Phi) is 6.58. The zero-order valence-electron chi connectivity index (χ0n) is 13.9. The molecule has 2 aromatic rings. The third-order valence-electron chi connectivity index (χ3n) is 3.61. The van der Waals surface area contributed by atoms with Gasteiger partial charge in [-0.2, -0.15) is 4.68 Å². The Morgan fingerprint density at radius 2 is 2.09 bits per heavy atom. The van der Waals surface area contributed by atoms with E-state index in [0.29, 0.717) is 10.9 Å². The van der Waals surface area contributed by atoms with Crippen molar-refractivity contribution in [2.45, 2.75) is 45.2 Å². The molecule has 1 amide bonds. The van der Waals surface area contributed by atoms with Crippen LogP contribution in [0.1, 0.15) is 37.3 Å². The van der Waals surface area contributed by atoms with E-state index in [1.807, 2.05) is 18.2 Å². The Balaban J connectivity index is 1.93. The van der Waals surface area contributed by atoms with Crippen LogP contribution in [0.5, 0.6) is 0 Å².